The normalized spacial score (nSPS) is 24.3. The Kier molecular flexibility index (Phi) is 4.81. The molecule has 1 aromatic carbocycles. The third kappa shape index (κ3) is 3.52. The maximum atomic E-state index is 12.8. The van der Waals surface area contributed by atoms with Crippen LogP contribution in [-0.2, 0) is 9.59 Å². The molecule has 0 saturated heterocycles. The molecule has 1 aromatic heterocycles. The summed E-state index contributed by atoms with van der Waals surface area (Å²) >= 11 is 1.02. The third-order valence-corrected chi connectivity index (χ3v) is 6.77. The summed E-state index contributed by atoms with van der Waals surface area (Å²) in [5, 5.41) is 12.5. The number of rotatable bonds is 4. The number of fused-ring (bicyclic) bond motifs is 1. The molecule has 1 aliphatic rings. The van der Waals surface area contributed by atoms with E-state index in [9.17, 15) is 27.9 Å². The van der Waals surface area contributed by atoms with Gasteiger partial charge in [0.15, 0.2) is 5.13 Å². The zero-order valence-electron chi connectivity index (χ0n) is 15.4. The van der Waals surface area contributed by atoms with Gasteiger partial charge in [-0.25, -0.2) is 4.98 Å². The summed E-state index contributed by atoms with van der Waals surface area (Å²) in [4.78, 5) is 28.7. The van der Waals surface area contributed by atoms with Crippen molar-refractivity contribution in [3.63, 3.8) is 0 Å². The highest BCUT2D eigenvalue weighted by molar-refractivity contribution is 7.22. The van der Waals surface area contributed by atoms with Crippen LogP contribution in [0.15, 0.2) is 18.2 Å². The Morgan fingerprint density at radius 2 is 2.00 bits per heavy atom. The number of alkyl halides is 3. The van der Waals surface area contributed by atoms with Gasteiger partial charge < -0.3 is 15.2 Å². The molecule has 2 aromatic rings. The minimum Gasteiger partial charge on any atom is -0.481 e. The standard InChI is InChI=1S/C18H19F3N2O4S/c1-16(2)10(6-7-17(16,3)14(25)26)13(24)23-15-22-11-5-4-9(8-12(11)28-15)27-18(19,20)21/h4-5,8,10H,6-7H2,1-3H3,(H,25,26)(H,22,23,24)/t10-,17+/m1/s1. The number of nitrogens with one attached hydrogen (secondary N) is 1. The lowest BCUT2D eigenvalue weighted by molar-refractivity contribution is -0.274. The number of aromatic nitrogens is 1. The first-order valence-electron chi connectivity index (χ1n) is 8.54. The van der Waals surface area contributed by atoms with Crippen LogP contribution in [0.25, 0.3) is 10.2 Å². The van der Waals surface area contributed by atoms with Gasteiger partial charge in [0.25, 0.3) is 0 Å². The molecular weight excluding hydrogens is 397 g/mol. The fourth-order valence-corrected chi connectivity index (χ4v) is 4.59. The monoisotopic (exact) mass is 416 g/mol. The molecule has 152 valence electrons. The van der Waals surface area contributed by atoms with Gasteiger partial charge in [0.05, 0.1) is 15.6 Å². The Balaban J connectivity index is 1.79. The number of hydrogen-bond donors (Lipinski definition) is 2. The van der Waals surface area contributed by atoms with Crippen LogP contribution in [0.3, 0.4) is 0 Å². The Labute approximate surface area is 162 Å². The Bertz CT molecular complexity index is 941. The Morgan fingerprint density at radius 3 is 2.57 bits per heavy atom. The molecule has 2 atom stereocenters. The number of benzene rings is 1. The largest absolute Gasteiger partial charge is 0.573 e. The van der Waals surface area contributed by atoms with Gasteiger partial charge in [-0.1, -0.05) is 25.2 Å². The van der Waals surface area contributed by atoms with Gasteiger partial charge in [0, 0.05) is 12.0 Å². The minimum absolute atomic E-state index is 0.240. The van der Waals surface area contributed by atoms with Crippen molar-refractivity contribution in [1.82, 2.24) is 4.98 Å². The van der Waals surface area contributed by atoms with Gasteiger partial charge in [-0.2, -0.15) is 0 Å². The third-order valence-electron chi connectivity index (χ3n) is 5.84. The summed E-state index contributed by atoms with van der Waals surface area (Å²) in [6, 6.07) is 3.74. The van der Waals surface area contributed by atoms with Crippen LogP contribution in [0.5, 0.6) is 5.75 Å². The van der Waals surface area contributed by atoms with E-state index < -0.39 is 29.1 Å². The predicted octanol–water partition coefficient (Wildman–Crippen LogP) is 4.66. The minimum atomic E-state index is -4.79. The van der Waals surface area contributed by atoms with Crippen LogP contribution in [0.4, 0.5) is 18.3 Å². The molecular formula is C18H19F3N2O4S. The number of carbonyl (C=O) groups is 2. The highest BCUT2D eigenvalue weighted by Gasteiger charge is 2.58. The molecule has 6 nitrogen and oxygen atoms in total. The maximum Gasteiger partial charge on any atom is 0.573 e. The second-order valence-electron chi connectivity index (χ2n) is 7.64. The highest BCUT2D eigenvalue weighted by Crippen LogP contribution is 2.56. The van der Waals surface area contributed by atoms with E-state index >= 15 is 0 Å². The topological polar surface area (TPSA) is 88.5 Å². The molecule has 0 aliphatic heterocycles. The van der Waals surface area contributed by atoms with Crippen LogP contribution < -0.4 is 10.1 Å². The van der Waals surface area contributed by atoms with Crippen molar-refractivity contribution in [3.05, 3.63) is 18.2 Å². The summed E-state index contributed by atoms with van der Waals surface area (Å²) < 4.78 is 41.4. The lowest BCUT2D eigenvalue weighted by atomic mass is 9.65. The lowest BCUT2D eigenvalue weighted by Crippen LogP contribution is -2.43. The molecule has 3 rings (SSSR count). The lowest BCUT2D eigenvalue weighted by Gasteiger charge is -2.37. The van der Waals surface area contributed by atoms with Crippen LogP contribution >= 0.6 is 11.3 Å². The number of carboxylic acid groups (broad SMARTS) is 1. The number of nitrogens with zero attached hydrogens (tertiary/aromatic N) is 1. The van der Waals surface area contributed by atoms with Gasteiger partial charge >= 0.3 is 12.3 Å². The molecule has 0 spiro atoms. The predicted molar refractivity (Wildman–Crippen MR) is 97.2 cm³/mol. The molecule has 2 N–H and O–H groups in total. The number of aliphatic carboxylic acids is 1. The van der Waals surface area contributed by atoms with Crippen LogP contribution in [0.2, 0.25) is 0 Å². The zero-order valence-corrected chi connectivity index (χ0v) is 16.2. The number of carbonyl (C=O) groups excluding carboxylic acids is 1. The molecule has 0 unspecified atom stereocenters. The molecule has 1 aliphatic carbocycles. The molecule has 1 saturated carbocycles. The van der Waals surface area contributed by atoms with Gasteiger partial charge in [0.1, 0.15) is 5.75 Å². The number of amides is 1. The van der Waals surface area contributed by atoms with E-state index in [2.05, 4.69) is 15.0 Å². The molecule has 1 amide bonds. The first-order chi connectivity index (χ1) is 12.8. The SMILES string of the molecule is CC1(C)[C@@H](C(=O)Nc2nc3ccc(OC(F)(F)F)cc3s2)CC[C@@]1(C)C(=O)O. The number of anilines is 1. The van der Waals surface area contributed by atoms with Gasteiger partial charge in [-0.3, -0.25) is 9.59 Å². The molecule has 10 heteroatoms. The first kappa shape index (κ1) is 20.4. The smallest absolute Gasteiger partial charge is 0.481 e. The fourth-order valence-electron chi connectivity index (χ4n) is 3.69. The number of thiazole rings is 1. The van der Waals surface area contributed by atoms with Crippen molar-refractivity contribution >= 4 is 38.6 Å². The number of ether oxygens (including phenoxy) is 1. The van der Waals surface area contributed by atoms with E-state index in [-0.39, 0.29) is 16.8 Å². The second-order valence-corrected chi connectivity index (χ2v) is 8.67. The molecule has 1 fully saturated rings. The Morgan fingerprint density at radius 1 is 1.32 bits per heavy atom. The van der Waals surface area contributed by atoms with Gasteiger partial charge in [-0.15, -0.1) is 13.2 Å². The number of carboxylic acids is 1. The summed E-state index contributed by atoms with van der Waals surface area (Å²) in [6.45, 7) is 5.16. The number of halogens is 3. The van der Waals surface area contributed by atoms with Crippen LogP contribution in [0.1, 0.15) is 33.6 Å². The van der Waals surface area contributed by atoms with Crippen molar-refractivity contribution < 1.29 is 32.6 Å². The van der Waals surface area contributed by atoms with Gasteiger partial charge in [0.2, 0.25) is 5.91 Å². The second kappa shape index (κ2) is 6.61. The molecule has 1 heterocycles. The number of hydrogen-bond acceptors (Lipinski definition) is 5. The average molecular weight is 416 g/mol. The zero-order chi connectivity index (χ0) is 20.9. The fraction of sp³-hybridized carbons (Fsp3) is 0.500. The van der Waals surface area contributed by atoms with Crippen molar-refractivity contribution in [2.75, 3.05) is 5.32 Å². The van der Waals surface area contributed by atoms with Gasteiger partial charge in [-0.05, 0) is 37.3 Å². The summed E-state index contributed by atoms with van der Waals surface area (Å²) in [5.74, 6) is -2.17. The van der Waals surface area contributed by atoms with E-state index in [0.717, 1.165) is 17.4 Å². The van der Waals surface area contributed by atoms with Crippen LogP contribution in [0, 0.1) is 16.7 Å². The maximum absolute atomic E-state index is 12.8. The van der Waals surface area contributed by atoms with Crippen molar-refractivity contribution in [1.29, 1.82) is 0 Å². The average Bonchev–Trinajstić information content (AvgIpc) is 3.04. The highest BCUT2D eigenvalue weighted by atomic mass is 32.1. The first-order valence-corrected chi connectivity index (χ1v) is 9.36. The summed E-state index contributed by atoms with van der Waals surface area (Å²) in [7, 11) is 0. The van der Waals surface area contributed by atoms with Crippen LogP contribution in [-0.4, -0.2) is 28.3 Å². The van der Waals surface area contributed by atoms with E-state index in [1.54, 1.807) is 20.8 Å². The molecule has 0 bridgehead atoms. The van der Waals surface area contributed by atoms with Crippen molar-refractivity contribution in [3.8, 4) is 5.75 Å². The van der Waals surface area contributed by atoms with Crippen molar-refractivity contribution in [2.24, 2.45) is 16.7 Å². The summed E-state index contributed by atoms with van der Waals surface area (Å²) in [5.41, 5.74) is -1.37. The molecule has 28 heavy (non-hydrogen) atoms. The van der Waals surface area contributed by atoms with Crippen molar-refractivity contribution in [2.45, 2.75) is 40.0 Å². The molecule has 0 radical (unpaired) electrons. The van der Waals surface area contributed by atoms with E-state index in [4.69, 9.17) is 0 Å². The van der Waals surface area contributed by atoms with E-state index in [1.165, 1.54) is 12.1 Å². The summed E-state index contributed by atoms with van der Waals surface area (Å²) in [6.07, 6.45) is -3.98. The van der Waals surface area contributed by atoms with E-state index in [1.807, 2.05) is 0 Å². The quantitative estimate of drug-likeness (QED) is 0.757. The Hall–Kier alpha value is -2.36. The van der Waals surface area contributed by atoms with E-state index in [0.29, 0.717) is 23.1 Å².